The van der Waals surface area contributed by atoms with Crippen molar-refractivity contribution in [1.82, 2.24) is 5.32 Å². The molecule has 0 fully saturated rings. The van der Waals surface area contributed by atoms with Crippen molar-refractivity contribution < 1.29 is 19.1 Å². The molecule has 0 aliphatic rings. The van der Waals surface area contributed by atoms with Gasteiger partial charge < -0.3 is 14.8 Å². The van der Waals surface area contributed by atoms with Gasteiger partial charge in [-0.1, -0.05) is 6.92 Å². The molecule has 0 saturated carbocycles. The standard InChI is InChI=1S/C16H23NO4/c1-4-15(18)13-6-8-14(9-7-13)21-12(2)16(19)17-10-5-11-20-3/h6-9,12H,4-5,10-11H2,1-3H3,(H,17,19). The highest BCUT2D eigenvalue weighted by molar-refractivity contribution is 5.95. The Bertz CT molecular complexity index is 456. The van der Waals surface area contributed by atoms with Gasteiger partial charge in [0.15, 0.2) is 11.9 Å². The number of benzene rings is 1. The molecule has 21 heavy (non-hydrogen) atoms. The second-order valence-corrected chi connectivity index (χ2v) is 4.70. The van der Waals surface area contributed by atoms with Crippen LogP contribution < -0.4 is 10.1 Å². The van der Waals surface area contributed by atoms with Gasteiger partial charge >= 0.3 is 0 Å². The monoisotopic (exact) mass is 293 g/mol. The molecule has 0 aliphatic carbocycles. The molecule has 5 heteroatoms. The Hall–Kier alpha value is -1.88. The molecule has 1 aromatic carbocycles. The van der Waals surface area contributed by atoms with Gasteiger partial charge in [-0.25, -0.2) is 0 Å². The number of ketones is 1. The van der Waals surface area contributed by atoms with Gasteiger partial charge in [0.2, 0.25) is 0 Å². The van der Waals surface area contributed by atoms with E-state index in [0.717, 1.165) is 6.42 Å². The van der Waals surface area contributed by atoms with Crippen LogP contribution in [-0.4, -0.2) is 38.1 Å². The maximum absolute atomic E-state index is 11.8. The molecule has 5 nitrogen and oxygen atoms in total. The number of hydrogen-bond acceptors (Lipinski definition) is 4. The van der Waals surface area contributed by atoms with E-state index < -0.39 is 6.10 Å². The highest BCUT2D eigenvalue weighted by Gasteiger charge is 2.14. The van der Waals surface area contributed by atoms with Crippen LogP contribution in [0.1, 0.15) is 37.0 Å². The second kappa shape index (κ2) is 9.13. The highest BCUT2D eigenvalue weighted by atomic mass is 16.5. The van der Waals surface area contributed by atoms with Crippen LogP contribution in [-0.2, 0) is 9.53 Å². The van der Waals surface area contributed by atoms with Crippen molar-refractivity contribution in [3.8, 4) is 5.75 Å². The molecule has 0 bridgehead atoms. The lowest BCUT2D eigenvalue weighted by Gasteiger charge is -2.14. The quantitative estimate of drug-likeness (QED) is 0.560. The van der Waals surface area contributed by atoms with Gasteiger partial charge in [0.05, 0.1) is 0 Å². The number of nitrogens with one attached hydrogen (secondary N) is 1. The number of Topliss-reactive ketones (excluding diaryl/α,β-unsaturated/α-hetero) is 1. The van der Waals surface area contributed by atoms with E-state index in [1.54, 1.807) is 38.3 Å². The van der Waals surface area contributed by atoms with Crippen LogP contribution in [0.4, 0.5) is 0 Å². The summed E-state index contributed by atoms with van der Waals surface area (Å²) in [5, 5.41) is 2.78. The van der Waals surface area contributed by atoms with Crippen molar-refractivity contribution in [1.29, 1.82) is 0 Å². The van der Waals surface area contributed by atoms with Crippen LogP contribution >= 0.6 is 0 Å². The lowest BCUT2D eigenvalue weighted by Crippen LogP contribution is -2.37. The summed E-state index contributed by atoms with van der Waals surface area (Å²) in [5.74, 6) is 0.493. The average Bonchev–Trinajstić information content (AvgIpc) is 2.51. The van der Waals surface area contributed by atoms with E-state index in [9.17, 15) is 9.59 Å². The second-order valence-electron chi connectivity index (χ2n) is 4.70. The van der Waals surface area contributed by atoms with Crippen molar-refractivity contribution in [3.63, 3.8) is 0 Å². The van der Waals surface area contributed by atoms with Gasteiger partial charge in [0, 0.05) is 32.2 Å². The van der Waals surface area contributed by atoms with Crippen LogP contribution in [0.15, 0.2) is 24.3 Å². The minimum absolute atomic E-state index is 0.0884. The minimum atomic E-state index is -0.583. The summed E-state index contributed by atoms with van der Waals surface area (Å²) in [4.78, 5) is 23.3. The van der Waals surface area contributed by atoms with Crippen molar-refractivity contribution >= 4 is 11.7 Å². The van der Waals surface area contributed by atoms with Gasteiger partial charge in [0.1, 0.15) is 5.75 Å². The van der Waals surface area contributed by atoms with Crippen LogP contribution in [0, 0.1) is 0 Å². The highest BCUT2D eigenvalue weighted by Crippen LogP contribution is 2.15. The summed E-state index contributed by atoms with van der Waals surface area (Å²) in [6.45, 7) is 4.69. The summed E-state index contributed by atoms with van der Waals surface area (Å²) < 4.78 is 10.5. The Balaban J connectivity index is 2.44. The molecular formula is C16H23NO4. The zero-order valence-electron chi connectivity index (χ0n) is 12.8. The Morgan fingerprint density at radius 1 is 1.24 bits per heavy atom. The first kappa shape index (κ1) is 17.2. The lowest BCUT2D eigenvalue weighted by molar-refractivity contribution is -0.127. The fourth-order valence-electron chi connectivity index (χ4n) is 1.75. The normalized spacial score (nSPS) is 11.8. The van der Waals surface area contributed by atoms with Gasteiger partial charge in [-0.3, -0.25) is 9.59 Å². The van der Waals surface area contributed by atoms with E-state index in [1.807, 2.05) is 6.92 Å². The molecule has 0 aromatic heterocycles. The number of methoxy groups -OCH3 is 1. The van der Waals surface area contributed by atoms with Crippen molar-refractivity contribution in [2.24, 2.45) is 0 Å². The van der Waals surface area contributed by atoms with E-state index >= 15 is 0 Å². The van der Waals surface area contributed by atoms with Crippen molar-refractivity contribution in [3.05, 3.63) is 29.8 Å². The predicted molar refractivity (Wildman–Crippen MR) is 80.7 cm³/mol. The number of hydrogen-bond donors (Lipinski definition) is 1. The van der Waals surface area contributed by atoms with Gasteiger partial charge in [0.25, 0.3) is 5.91 Å². The summed E-state index contributed by atoms with van der Waals surface area (Å²) >= 11 is 0. The minimum Gasteiger partial charge on any atom is -0.481 e. The molecular weight excluding hydrogens is 270 g/mol. The molecule has 1 amide bonds. The first-order chi connectivity index (χ1) is 10.1. The fourth-order valence-corrected chi connectivity index (χ4v) is 1.75. The summed E-state index contributed by atoms with van der Waals surface area (Å²) in [6, 6.07) is 6.84. The Morgan fingerprint density at radius 3 is 2.48 bits per heavy atom. The maximum atomic E-state index is 11.8. The van der Waals surface area contributed by atoms with Gasteiger partial charge in [-0.2, -0.15) is 0 Å². The van der Waals surface area contributed by atoms with E-state index in [4.69, 9.17) is 9.47 Å². The lowest BCUT2D eigenvalue weighted by atomic mass is 10.1. The molecule has 1 rings (SSSR count). The van der Waals surface area contributed by atoms with E-state index in [-0.39, 0.29) is 11.7 Å². The number of ether oxygens (including phenoxy) is 2. The molecule has 1 unspecified atom stereocenters. The van der Waals surface area contributed by atoms with Crippen molar-refractivity contribution in [2.75, 3.05) is 20.3 Å². The molecule has 1 aromatic rings. The van der Waals surface area contributed by atoms with Crippen LogP contribution in [0.25, 0.3) is 0 Å². The van der Waals surface area contributed by atoms with E-state index in [2.05, 4.69) is 5.32 Å². The molecule has 1 N–H and O–H groups in total. The third kappa shape index (κ3) is 5.95. The van der Waals surface area contributed by atoms with Crippen molar-refractivity contribution in [2.45, 2.75) is 32.8 Å². The Kier molecular flexibility index (Phi) is 7.46. The largest absolute Gasteiger partial charge is 0.481 e. The number of amides is 1. The number of carbonyl (C=O) groups is 2. The molecule has 0 radical (unpaired) electrons. The van der Waals surface area contributed by atoms with Crippen LogP contribution in [0.3, 0.4) is 0 Å². The summed E-state index contributed by atoms with van der Waals surface area (Å²) in [7, 11) is 1.63. The molecule has 116 valence electrons. The van der Waals surface area contributed by atoms with Crippen LogP contribution in [0.5, 0.6) is 5.75 Å². The Labute approximate surface area is 125 Å². The third-order valence-electron chi connectivity index (χ3n) is 3.00. The van der Waals surface area contributed by atoms with Gasteiger partial charge in [-0.15, -0.1) is 0 Å². The molecule has 0 aliphatic heterocycles. The predicted octanol–water partition coefficient (Wildman–Crippen LogP) is 2.20. The Morgan fingerprint density at radius 2 is 1.90 bits per heavy atom. The molecule has 0 heterocycles. The molecule has 1 atom stereocenters. The summed E-state index contributed by atoms with van der Waals surface area (Å²) in [5.41, 5.74) is 0.654. The van der Waals surface area contributed by atoms with E-state index in [1.165, 1.54) is 0 Å². The third-order valence-corrected chi connectivity index (χ3v) is 3.00. The fraction of sp³-hybridized carbons (Fsp3) is 0.500. The SMILES string of the molecule is CCC(=O)c1ccc(OC(C)C(=O)NCCCOC)cc1. The zero-order chi connectivity index (χ0) is 15.7. The van der Waals surface area contributed by atoms with E-state index in [0.29, 0.717) is 30.9 Å². The van der Waals surface area contributed by atoms with Crippen LogP contribution in [0.2, 0.25) is 0 Å². The summed E-state index contributed by atoms with van der Waals surface area (Å²) in [6.07, 6.45) is 0.656. The number of rotatable bonds is 9. The average molecular weight is 293 g/mol. The first-order valence-corrected chi connectivity index (χ1v) is 7.15. The van der Waals surface area contributed by atoms with Gasteiger partial charge in [-0.05, 0) is 37.6 Å². The molecule has 0 saturated heterocycles. The maximum Gasteiger partial charge on any atom is 0.260 e. The smallest absolute Gasteiger partial charge is 0.260 e. The number of carbonyl (C=O) groups excluding carboxylic acids is 2. The molecule has 0 spiro atoms. The zero-order valence-corrected chi connectivity index (χ0v) is 12.8. The first-order valence-electron chi connectivity index (χ1n) is 7.15. The topological polar surface area (TPSA) is 64.6 Å².